The van der Waals surface area contributed by atoms with Crippen molar-refractivity contribution in [2.45, 2.75) is 97.3 Å². The molecule has 0 aliphatic heterocycles. The number of benzene rings is 1. The van der Waals surface area contributed by atoms with E-state index in [1.165, 1.54) is 81.4 Å². The third-order valence-electron chi connectivity index (χ3n) is 10.9. The lowest BCUT2D eigenvalue weighted by Crippen LogP contribution is -2.42. The molecule has 6 atom stereocenters. The molecule has 0 radical (unpaired) electrons. The van der Waals surface area contributed by atoms with Crippen LogP contribution >= 0.6 is 0 Å². The minimum absolute atomic E-state index is 0.351. The molecule has 1 heterocycles. The van der Waals surface area contributed by atoms with Gasteiger partial charge in [-0.1, -0.05) is 69.9 Å². The number of nitrogens with zero attached hydrogens (tertiary/aromatic N) is 1. The first-order valence-electron chi connectivity index (χ1n) is 14.3. The number of rotatable bonds is 4. The van der Waals surface area contributed by atoms with Crippen molar-refractivity contribution >= 4 is 10.8 Å². The van der Waals surface area contributed by atoms with Crippen LogP contribution < -0.4 is 0 Å². The number of allylic oxidation sites excluding steroid dienone is 4. The Morgan fingerprint density at radius 3 is 2.82 bits per heavy atom. The van der Waals surface area contributed by atoms with Gasteiger partial charge in [-0.15, -0.1) is 0 Å². The largest absolute Gasteiger partial charge is 0.264 e. The molecule has 0 saturated heterocycles. The molecule has 2 fully saturated rings. The molecular formula is C33H43N. The van der Waals surface area contributed by atoms with Gasteiger partial charge in [0, 0.05) is 17.8 Å². The summed E-state index contributed by atoms with van der Waals surface area (Å²) in [5.74, 6) is 3.29. The maximum Gasteiger partial charge on any atom is 0.0346 e. The van der Waals surface area contributed by atoms with Gasteiger partial charge in [-0.2, -0.15) is 0 Å². The predicted octanol–water partition coefficient (Wildman–Crippen LogP) is 9.40. The molecule has 5 unspecified atom stereocenters. The minimum atomic E-state index is 0.351. The van der Waals surface area contributed by atoms with Crippen molar-refractivity contribution < 1.29 is 0 Å². The Hall–Kier alpha value is -1.89. The highest BCUT2D eigenvalue weighted by atomic mass is 14.6. The van der Waals surface area contributed by atoms with Crippen LogP contribution in [-0.2, 0) is 0 Å². The van der Waals surface area contributed by atoms with E-state index in [0.29, 0.717) is 16.7 Å². The number of fused-ring (bicyclic) bond motifs is 5. The predicted molar refractivity (Wildman–Crippen MR) is 144 cm³/mol. The van der Waals surface area contributed by atoms with E-state index in [2.05, 4.69) is 62.2 Å². The third-order valence-corrected chi connectivity index (χ3v) is 10.9. The fraction of sp³-hybridized carbons (Fsp3) is 0.606. The highest BCUT2D eigenvalue weighted by molar-refractivity contribution is 5.82. The van der Waals surface area contributed by atoms with Crippen LogP contribution in [0.4, 0.5) is 0 Å². The van der Waals surface area contributed by atoms with Crippen molar-refractivity contribution in [2.24, 2.45) is 28.6 Å². The second-order valence-electron chi connectivity index (χ2n) is 12.7. The lowest BCUT2D eigenvalue weighted by Gasteiger charge is -2.50. The monoisotopic (exact) mass is 453 g/mol. The van der Waals surface area contributed by atoms with E-state index in [4.69, 9.17) is 0 Å². The number of unbranched alkanes of at least 4 members (excludes halogenated alkanes) is 1. The number of hydrogen-bond donors (Lipinski definition) is 0. The zero-order chi connectivity index (χ0) is 23.3. The molecular weight excluding hydrogens is 410 g/mol. The standard InChI is InChI=1S/C33H43N/c1-4-5-6-23-7-8-25-21-29-14-17-33(3)30(27-10-9-24-15-18-34-22-28(24)20-27)11-12-31(33)32(29,2)16-13-26(25)19-23/h9-10,14-15,18,20-23,26,30-31H,4-8,11-13,16-17,19H2,1-3H3/t23?,26?,30?,31?,32-,33?/m0/s1. The molecule has 0 spiro atoms. The summed E-state index contributed by atoms with van der Waals surface area (Å²) in [6, 6.07) is 9.33. The van der Waals surface area contributed by atoms with Gasteiger partial charge in [0.15, 0.2) is 0 Å². The summed E-state index contributed by atoms with van der Waals surface area (Å²) in [5, 5.41) is 2.61. The molecule has 4 aliphatic carbocycles. The van der Waals surface area contributed by atoms with Crippen molar-refractivity contribution in [3.8, 4) is 0 Å². The van der Waals surface area contributed by atoms with Crippen molar-refractivity contribution in [3.05, 3.63) is 65.5 Å². The summed E-state index contributed by atoms with van der Waals surface area (Å²) in [6.07, 6.45) is 24.6. The lowest BCUT2D eigenvalue weighted by atomic mass is 9.53. The van der Waals surface area contributed by atoms with Crippen LogP contribution in [-0.4, -0.2) is 4.98 Å². The molecule has 4 aliphatic rings. The van der Waals surface area contributed by atoms with Crippen molar-refractivity contribution in [3.63, 3.8) is 0 Å². The second kappa shape index (κ2) is 8.65. The van der Waals surface area contributed by atoms with Gasteiger partial charge in [-0.25, -0.2) is 0 Å². The van der Waals surface area contributed by atoms with E-state index in [0.717, 1.165) is 17.8 Å². The maximum atomic E-state index is 4.40. The summed E-state index contributed by atoms with van der Waals surface area (Å²) in [6.45, 7) is 7.63. The van der Waals surface area contributed by atoms with Crippen LogP contribution in [0.1, 0.15) is 103 Å². The zero-order valence-electron chi connectivity index (χ0n) is 21.7. The second-order valence-corrected chi connectivity index (χ2v) is 12.7. The Kier molecular flexibility index (Phi) is 5.74. The summed E-state index contributed by atoms with van der Waals surface area (Å²) >= 11 is 0. The van der Waals surface area contributed by atoms with Crippen LogP contribution in [0, 0.1) is 28.6 Å². The van der Waals surface area contributed by atoms with Crippen LogP contribution in [0.2, 0.25) is 0 Å². The molecule has 1 nitrogen and oxygen atoms in total. The van der Waals surface area contributed by atoms with Crippen molar-refractivity contribution in [1.82, 2.24) is 4.98 Å². The third kappa shape index (κ3) is 3.61. The molecule has 180 valence electrons. The van der Waals surface area contributed by atoms with Crippen molar-refractivity contribution in [2.75, 3.05) is 0 Å². The fourth-order valence-electron chi connectivity index (χ4n) is 8.91. The normalized spacial score (nSPS) is 37.3. The summed E-state index contributed by atoms with van der Waals surface area (Å²) in [7, 11) is 0. The van der Waals surface area contributed by atoms with Gasteiger partial charge in [-0.3, -0.25) is 4.98 Å². The first-order chi connectivity index (χ1) is 16.5. The average molecular weight is 454 g/mol. The van der Waals surface area contributed by atoms with Gasteiger partial charge in [0.05, 0.1) is 0 Å². The van der Waals surface area contributed by atoms with E-state index in [1.54, 1.807) is 11.1 Å². The molecule has 1 aromatic heterocycles. The Balaban J connectivity index is 1.28. The van der Waals surface area contributed by atoms with E-state index in [-0.39, 0.29) is 0 Å². The van der Waals surface area contributed by atoms with Gasteiger partial charge < -0.3 is 0 Å². The SMILES string of the molecule is CCCCC1CCC2=CC3=CCC4(C)C(c5ccc6ccncc6c5)CCC4[C@@]3(C)CCC2C1. The molecule has 0 N–H and O–H groups in total. The number of hydrogen-bond acceptors (Lipinski definition) is 1. The number of pyridine rings is 1. The lowest BCUT2D eigenvalue weighted by molar-refractivity contribution is 0.0697. The first-order valence-corrected chi connectivity index (χ1v) is 14.3. The Morgan fingerprint density at radius 2 is 1.94 bits per heavy atom. The zero-order valence-corrected chi connectivity index (χ0v) is 21.7. The molecule has 2 aromatic rings. The van der Waals surface area contributed by atoms with Gasteiger partial charge in [0.25, 0.3) is 0 Å². The quantitative estimate of drug-likeness (QED) is 0.449. The van der Waals surface area contributed by atoms with Gasteiger partial charge >= 0.3 is 0 Å². The van der Waals surface area contributed by atoms with Gasteiger partial charge in [0.2, 0.25) is 0 Å². The molecule has 0 amide bonds. The van der Waals surface area contributed by atoms with E-state index in [9.17, 15) is 0 Å². The molecule has 0 bridgehead atoms. The summed E-state index contributed by atoms with van der Waals surface area (Å²) in [5.41, 5.74) is 5.78. The minimum Gasteiger partial charge on any atom is -0.264 e. The Morgan fingerprint density at radius 1 is 1.03 bits per heavy atom. The fourth-order valence-corrected chi connectivity index (χ4v) is 8.91. The topological polar surface area (TPSA) is 12.9 Å². The molecule has 1 heteroatoms. The summed E-state index contributed by atoms with van der Waals surface area (Å²) < 4.78 is 0. The smallest absolute Gasteiger partial charge is 0.0346 e. The van der Waals surface area contributed by atoms with Crippen LogP contribution in [0.15, 0.2) is 60.0 Å². The number of aromatic nitrogens is 1. The Bertz CT molecular complexity index is 1120. The van der Waals surface area contributed by atoms with E-state index >= 15 is 0 Å². The molecule has 2 saturated carbocycles. The Labute approximate surface area is 207 Å². The summed E-state index contributed by atoms with van der Waals surface area (Å²) in [4.78, 5) is 4.40. The molecule has 34 heavy (non-hydrogen) atoms. The van der Waals surface area contributed by atoms with Crippen LogP contribution in [0.25, 0.3) is 10.8 Å². The maximum absolute atomic E-state index is 4.40. The van der Waals surface area contributed by atoms with Crippen LogP contribution in [0.3, 0.4) is 0 Å². The highest BCUT2D eigenvalue weighted by Gasteiger charge is 2.56. The van der Waals surface area contributed by atoms with E-state index in [1.807, 2.05) is 18.0 Å². The van der Waals surface area contributed by atoms with E-state index < -0.39 is 0 Å². The molecule has 6 rings (SSSR count). The highest BCUT2D eigenvalue weighted by Crippen LogP contribution is 2.67. The first kappa shape index (κ1) is 22.6. The molecule has 1 aromatic carbocycles. The van der Waals surface area contributed by atoms with Crippen LogP contribution in [0.5, 0.6) is 0 Å². The van der Waals surface area contributed by atoms with Crippen molar-refractivity contribution in [1.29, 1.82) is 0 Å². The van der Waals surface area contributed by atoms with Gasteiger partial charge in [-0.05, 0) is 115 Å². The van der Waals surface area contributed by atoms with Gasteiger partial charge in [0.1, 0.15) is 0 Å². The average Bonchev–Trinajstić information content (AvgIpc) is 3.14.